The Kier molecular flexibility index (Phi) is 11.7. The summed E-state index contributed by atoms with van der Waals surface area (Å²) in [5.74, 6) is -5.65. The minimum absolute atomic E-state index is 0.0670. The number of hydrogen-bond donors (Lipinski definition) is 0. The molecule has 4 rings (SSSR count). The second-order valence-corrected chi connectivity index (χ2v) is 14.3. The molecule has 0 heterocycles. The zero-order valence-electron chi connectivity index (χ0n) is 30.7. The highest BCUT2D eigenvalue weighted by Gasteiger charge is 2.68. The van der Waals surface area contributed by atoms with Crippen LogP contribution in [-0.2, 0) is 57.2 Å². The van der Waals surface area contributed by atoms with Crippen LogP contribution < -0.4 is 0 Å². The van der Waals surface area contributed by atoms with E-state index in [0.29, 0.717) is 16.7 Å². The fourth-order valence-corrected chi connectivity index (χ4v) is 8.51. The Labute approximate surface area is 298 Å². The molecule has 0 radical (unpaired) electrons. The van der Waals surface area contributed by atoms with Crippen molar-refractivity contribution in [2.24, 2.45) is 22.7 Å². The van der Waals surface area contributed by atoms with E-state index in [0.717, 1.165) is 5.56 Å². The summed E-state index contributed by atoms with van der Waals surface area (Å²) in [4.78, 5) is 77.4. The molecule has 0 N–H and O–H groups in total. The van der Waals surface area contributed by atoms with Crippen molar-refractivity contribution in [2.45, 2.75) is 112 Å². The lowest BCUT2D eigenvalue weighted by atomic mass is 9.48. The van der Waals surface area contributed by atoms with Crippen molar-refractivity contribution in [1.29, 1.82) is 0 Å². The molecule has 9 unspecified atom stereocenters. The molecule has 1 aromatic rings. The van der Waals surface area contributed by atoms with Crippen LogP contribution in [0.15, 0.2) is 59.7 Å². The molecule has 0 spiro atoms. The molecule has 3 aliphatic rings. The largest absolute Gasteiger partial charge is 0.462 e. The molecule has 12 nitrogen and oxygen atoms in total. The summed E-state index contributed by atoms with van der Waals surface area (Å²) in [5, 5.41) is 0. The van der Waals surface area contributed by atoms with Gasteiger partial charge in [-0.3, -0.25) is 24.0 Å². The van der Waals surface area contributed by atoms with E-state index in [1.165, 1.54) is 40.7 Å². The fraction of sp³-hybridized carbons (Fsp3) is 0.538. The van der Waals surface area contributed by atoms with E-state index < -0.39 is 95.1 Å². The summed E-state index contributed by atoms with van der Waals surface area (Å²) >= 11 is 0. The average Bonchev–Trinajstić information content (AvgIpc) is 3.01. The Morgan fingerprint density at radius 2 is 1.29 bits per heavy atom. The molecule has 0 amide bonds. The molecule has 0 saturated heterocycles. The van der Waals surface area contributed by atoms with Gasteiger partial charge >= 0.3 is 35.8 Å². The quantitative estimate of drug-likeness (QED) is 0.150. The number of fused-ring (bicyclic) bond motifs is 3. The first-order valence-electron chi connectivity index (χ1n) is 17.0. The van der Waals surface area contributed by atoms with E-state index >= 15 is 0 Å². The van der Waals surface area contributed by atoms with Crippen molar-refractivity contribution in [3.8, 4) is 0 Å². The number of benzene rings is 1. The Morgan fingerprint density at radius 1 is 0.725 bits per heavy atom. The van der Waals surface area contributed by atoms with Crippen LogP contribution in [0.1, 0.15) is 80.7 Å². The molecule has 3 aliphatic carbocycles. The second kappa shape index (κ2) is 15.2. The van der Waals surface area contributed by atoms with Crippen molar-refractivity contribution < 1.29 is 57.2 Å². The summed E-state index contributed by atoms with van der Waals surface area (Å²) in [6.07, 6.45) is -3.70. The highest BCUT2D eigenvalue weighted by atomic mass is 16.6. The standard InChI is InChI=1S/C39H48O12/c1-20-29(51-32(45)17-16-27-14-12-11-13-15-27)18-28-35(48-24(5)42)34-21(2)30(46-22(3)40)19-31(47-23(4)41)39(34,10)37(50-26(7)44)36(49-25(6)43)33(20)38(28,8)9/h11-17,28-31,34-37H,2,18-19H2,1,3-10H3/b17-16+. The lowest BCUT2D eigenvalue weighted by Crippen LogP contribution is -2.68. The van der Waals surface area contributed by atoms with Crippen molar-refractivity contribution in [1.82, 2.24) is 0 Å². The van der Waals surface area contributed by atoms with E-state index in [9.17, 15) is 28.8 Å². The van der Waals surface area contributed by atoms with Gasteiger partial charge in [-0.15, -0.1) is 0 Å². The monoisotopic (exact) mass is 708 g/mol. The number of carbonyl (C=O) groups excluding carboxylic acids is 6. The van der Waals surface area contributed by atoms with Gasteiger partial charge in [0.15, 0.2) is 12.2 Å². The van der Waals surface area contributed by atoms with E-state index in [2.05, 4.69) is 6.58 Å². The topological polar surface area (TPSA) is 158 Å². The van der Waals surface area contributed by atoms with Crippen LogP contribution in [0.3, 0.4) is 0 Å². The van der Waals surface area contributed by atoms with Gasteiger partial charge in [-0.25, -0.2) is 4.79 Å². The Balaban J connectivity index is 2.04. The van der Waals surface area contributed by atoms with Gasteiger partial charge in [0.1, 0.15) is 24.4 Å². The SMILES string of the molecule is C=C1C(OC(C)=O)CC(OC(C)=O)C2(C)C(OC(C)=O)C(OC(C)=O)C3=C(C)C(OC(=O)/C=C/c4ccccc4)CC(C(OC(C)=O)C12)C3(C)C. The van der Waals surface area contributed by atoms with Crippen LogP contribution >= 0.6 is 0 Å². The molecule has 9 atom stereocenters. The second-order valence-electron chi connectivity index (χ2n) is 14.3. The molecule has 2 saturated carbocycles. The van der Waals surface area contributed by atoms with Gasteiger partial charge in [-0.1, -0.05) is 57.7 Å². The molecule has 12 heteroatoms. The maximum absolute atomic E-state index is 13.3. The van der Waals surface area contributed by atoms with Crippen LogP contribution in [0, 0.1) is 22.7 Å². The van der Waals surface area contributed by atoms with Crippen LogP contribution in [0.25, 0.3) is 6.08 Å². The molecule has 2 bridgehead atoms. The lowest BCUT2D eigenvalue weighted by molar-refractivity contribution is -0.230. The fourth-order valence-electron chi connectivity index (χ4n) is 8.51. The number of carbonyl (C=O) groups is 6. The highest BCUT2D eigenvalue weighted by Crippen LogP contribution is 2.61. The summed E-state index contributed by atoms with van der Waals surface area (Å²) in [7, 11) is 0. The van der Waals surface area contributed by atoms with E-state index in [-0.39, 0.29) is 12.8 Å². The van der Waals surface area contributed by atoms with Crippen molar-refractivity contribution in [3.05, 3.63) is 65.3 Å². The Hall–Kier alpha value is -4.74. The van der Waals surface area contributed by atoms with Crippen LogP contribution in [0.5, 0.6) is 0 Å². The number of rotatable bonds is 8. The van der Waals surface area contributed by atoms with Gasteiger partial charge in [-0.05, 0) is 47.1 Å². The zero-order chi connectivity index (χ0) is 38.0. The summed E-state index contributed by atoms with van der Waals surface area (Å²) in [5.41, 5.74) is -0.275. The summed E-state index contributed by atoms with van der Waals surface area (Å²) in [6.45, 7) is 17.7. The lowest BCUT2D eigenvalue weighted by Gasteiger charge is -2.61. The molecular weight excluding hydrogens is 660 g/mol. The Morgan fingerprint density at radius 3 is 1.84 bits per heavy atom. The minimum atomic E-state index is -1.48. The molecule has 1 aromatic carbocycles. The van der Waals surface area contributed by atoms with Crippen LogP contribution in [0.4, 0.5) is 0 Å². The molecule has 51 heavy (non-hydrogen) atoms. The van der Waals surface area contributed by atoms with Crippen molar-refractivity contribution >= 4 is 41.9 Å². The van der Waals surface area contributed by atoms with Crippen molar-refractivity contribution in [2.75, 3.05) is 0 Å². The highest BCUT2D eigenvalue weighted by molar-refractivity contribution is 5.87. The number of esters is 6. The van der Waals surface area contributed by atoms with E-state index in [1.807, 2.05) is 44.2 Å². The smallest absolute Gasteiger partial charge is 0.331 e. The molecule has 2 fully saturated rings. The van der Waals surface area contributed by atoms with E-state index in [4.69, 9.17) is 28.4 Å². The normalized spacial score (nSPS) is 31.3. The summed E-state index contributed by atoms with van der Waals surface area (Å²) in [6, 6.07) is 9.20. The van der Waals surface area contributed by atoms with E-state index in [1.54, 1.807) is 19.9 Å². The maximum atomic E-state index is 13.3. The number of hydrogen-bond acceptors (Lipinski definition) is 12. The van der Waals surface area contributed by atoms with Gasteiger partial charge in [0.05, 0.1) is 5.41 Å². The first-order chi connectivity index (χ1) is 23.8. The molecule has 276 valence electrons. The Bertz CT molecular complexity index is 1640. The average molecular weight is 709 g/mol. The summed E-state index contributed by atoms with van der Waals surface area (Å²) < 4.78 is 36.2. The molecular formula is C39H48O12. The van der Waals surface area contributed by atoms with Gasteiger partial charge in [0, 0.05) is 59.0 Å². The molecule has 0 aliphatic heterocycles. The third kappa shape index (κ3) is 8.10. The van der Waals surface area contributed by atoms with Crippen LogP contribution in [0.2, 0.25) is 0 Å². The predicted molar refractivity (Wildman–Crippen MR) is 183 cm³/mol. The van der Waals surface area contributed by atoms with Gasteiger partial charge < -0.3 is 28.4 Å². The first-order valence-corrected chi connectivity index (χ1v) is 17.0. The molecule has 0 aromatic heterocycles. The predicted octanol–water partition coefficient (Wildman–Crippen LogP) is 5.23. The third-order valence-electron chi connectivity index (χ3n) is 10.5. The zero-order valence-corrected chi connectivity index (χ0v) is 30.7. The van der Waals surface area contributed by atoms with Crippen molar-refractivity contribution in [3.63, 3.8) is 0 Å². The number of ether oxygens (including phenoxy) is 6. The van der Waals surface area contributed by atoms with Crippen LogP contribution in [-0.4, -0.2) is 72.4 Å². The first kappa shape index (κ1) is 39.1. The maximum Gasteiger partial charge on any atom is 0.331 e. The van der Waals surface area contributed by atoms with Gasteiger partial charge in [0.25, 0.3) is 0 Å². The van der Waals surface area contributed by atoms with Gasteiger partial charge in [-0.2, -0.15) is 0 Å². The van der Waals surface area contributed by atoms with Gasteiger partial charge in [0.2, 0.25) is 0 Å². The minimum Gasteiger partial charge on any atom is -0.462 e. The third-order valence-corrected chi connectivity index (χ3v) is 10.5.